The molecule has 0 spiro atoms. The largest absolute Gasteiger partial charge is 0.355 e. The molecule has 0 N–H and O–H groups in total. The number of rotatable bonds is 3. The minimum atomic E-state index is 0.642. The molecule has 0 aliphatic carbocycles. The highest BCUT2D eigenvalue weighted by Crippen LogP contribution is 2.28. The Morgan fingerprint density at radius 2 is 2.05 bits per heavy atom. The van der Waals surface area contributed by atoms with Crippen LogP contribution in [0.4, 0.5) is 5.82 Å². The van der Waals surface area contributed by atoms with E-state index in [4.69, 9.17) is 23.2 Å². The quantitative estimate of drug-likeness (QED) is 0.703. The van der Waals surface area contributed by atoms with Gasteiger partial charge in [-0.05, 0) is 29.1 Å². The molecule has 0 atom stereocenters. The third-order valence-corrected chi connectivity index (χ3v) is 4.43. The zero-order chi connectivity index (χ0) is 14.1. The van der Waals surface area contributed by atoms with Crippen molar-refractivity contribution in [2.24, 2.45) is 0 Å². The Hall–Kier alpha value is -1.36. The molecular formula is C14H11Cl2N3S. The van der Waals surface area contributed by atoms with Gasteiger partial charge in [-0.2, -0.15) is 0 Å². The molecule has 0 aliphatic heterocycles. The normalized spacial score (nSPS) is 10.9. The maximum Gasteiger partial charge on any atom is 0.140 e. The van der Waals surface area contributed by atoms with Gasteiger partial charge in [-0.25, -0.2) is 9.97 Å². The van der Waals surface area contributed by atoms with Crippen molar-refractivity contribution in [2.45, 2.75) is 6.54 Å². The molecule has 0 amide bonds. The number of hydrogen-bond acceptors (Lipinski definition) is 4. The number of aromatic nitrogens is 2. The van der Waals surface area contributed by atoms with Gasteiger partial charge >= 0.3 is 0 Å². The number of hydrogen-bond donors (Lipinski definition) is 0. The summed E-state index contributed by atoms with van der Waals surface area (Å²) in [6.45, 7) is 0.665. The van der Waals surface area contributed by atoms with Gasteiger partial charge < -0.3 is 4.90 Å². The predicted octanol–water partition coefficient (Wildman–Crippen LogP) is 4.63. The monoisotopic (exact) mass is 323 g/mol. The fourth-order valence-corrected chi connectivity index (χ4v) is 3.26. The Kier molecular flexibility index (Phi) is 3.78. The first-order valence-electron chi connectivity index (χ1n) is 5.98. The van der Waals surface area contributed by atoms with E-state index in [9.17, 15) is 0 Å². The third kappa shape index (κ3) is 2.59. The number of halogens is 2. The molecule has 6 heteroatoms. The standard InChI is InChI=1S/C14H11Cl2N3S/c1-19(7-9-2-3-10(15)6-12(9)16)13-11-4-5-20-14(11)18-8-17-13/h2-6,8H,7H2,1H3. The van der Waals surface area contributed by atoms with Crippen LogP contribution in [0.1, 0.15) is 5.56 Å². The molecule has 102 valence electrons. The molecule has 0 fully saturated rings. The highest BCUT2D eigenvalue weighted by molar-refractivity contribution is 7.16. The van der Waals surface area contributed by atoms with Crippen LogP contribution in [-0.4, -0.2) is 17.0 Å². The minimum Gasteiger partial charge on any atom is -0.355 e. The minimum absolute atomic E-state index is 0.642. The number of benzene rings is 1. The number of fused-ring (bicyclic) bond motifs is 1. The number of nitrogens with zero attached hydrogens (tertiary/aromatic N) is 3. The lowest BCUT2D eigenvalue weighted by molar-refractivity contribution is 0.901. The SMILES string of the molecule is CN(Cc1ccc(Cl)cc1Cl)c1ncnc2sccc12. The van der Waals surface area contributed by atoms with Gasteiger partial charge in [-0.15, -0.1) is 11.3 Å². The summed E-state index contributed by atoms with van der Waals surface area (Å²) in [5, 5.41) is 4.39. The van der Waals surface area contributed by atoms with E-state index in [1.807, 2.05) is 30.6 Å². The lowest BCUT2D eigenvalue weighted by Crippen LogP contribution is -2.18. The van der Waals surface area contributed by atoms with Crippen LogP contribution in [0.25, 0.3) is 10.2 Å². The van der Waals surface area contributed by atoms with Crippen LogP contribution >= 0.6 is 34.5 Å². The van der Waals surface area contributed by atoms with Crippen molar-refractivity contribution in [3.05, 3.63) is 51.6 Å². The Morgan fingerprint density at radius 3 is 2.85 bits per heavy atom. The topological polar surface area (TPSA) is 29.0 Å². The van der Waals surface area contributed by atoms with Crippen LogP contribution in [0.3, 0.4) is 0 Å². The van der Waals surface area contributed by atoms with Gasteiger partial charge in [0, 0.05) is 23.6 Å². The van der Waals surface area contributed by atoms with E-state index in [2.05, 4.69) is 14.9 Å². The molecule has 3 nitrogen and oxygen atoms in total. The van der Waals surface area contributed by atoms with Crippen molar-refractivity contribution in [1.29, 1.82) is 0 Å². The van der Waals surface area contributed by atoms with Crippen LogP contribution in [-0.2, 0) is 6.54 Å². The predicted molar refractivity (Wildman–Crippen MR) is 86.0 cm³/mol. The smallest absolute Gasteiger partial charge is 0.140 e. The van der Waals surface area contributed by atoms with Crippen LogP contribution in [0.15, 0.2) is 36.0 Å². The molecule has 1 aromatic carbocycles. The lowest BCUT2D eigenvalue weighted by Gasteiger charge is -2.19. The van der Waals surface area contributed by atoms with Crippen molar-refractivity contribution >= 4 is 50.6 Å². The fourth-order valence-electron chi connectivity index (χ4n) is 2.06. The molecule has 2 heterocycles. The van der Waals surface area contributed by atoms with E-state index < -0.39 is 0 Å². The summed E-state index contributed by atoms with van der Waals surface area (Å²) in [6, 6.07) is 7.58. The third-order valence-electron chi connectivity index (χ3n) is 3.02. The fraction of sp³-hybridized carbons (Fsp3) is 0.143. The van der Waals surface area contributed by atoms with Gasteiger partial charge in [-0.1, -0.05) is 29.3 Å². The molecule has 20 heavy (non-hydrogen) atoms. The van der Waals surface area contributed by atoms with E-state index in [-0.39, 0.29) is 0 Å². The Labute approximate surface area is 130 Å². The Morgan fingerprint density at radius 1 is 1.20 bits per heavy atom. The van der Waals surface area contributed by atoms with Crippen LogP contribution in [0.2, 0.25) is 10.0 Å². The number of thiophene rings is 1. The molecule has 2 aromatic heterocycles. The summed E-state index contributed by atoms with van der Waals surface area (Å²) in [4.78, 5) is 11.7. The molecule has 0 bridgehead atoms. The van der Waals surface area contributed by atoms with Crippen molar-refractivity contribution < 1.29 is 0 Å². The molecule has 3 rings (SSSR count). The molecule has 0 radical (unpaired) electrons. The van der Waals surface area contributed by atoms with Crippen LogP contribution < -0.4 is 4.90 Å². The molecule has 3 aromatic rings. The highest BCUT2D eigenvalue weighted by atomic mass is 35.5. The van der Waals surface area contributed by atoms with Crippen molar-refractivity contribution in [3.8, 4) is 0 Å². The summed E-state index contributed by atoms with van der Waals surface area (Å²) in [6.07, 6.45) is 1.59. The first-order chi connectivity index (χ1) is 9.65. The zero-order valence-corrected chi connectivity index (χ0v) is 13.0. The van der Waals surface area contributed by atoms with E-state index in [1.54, 1.807) is 23.7 Å². The van der Waals surface area contributed by atoms with Crippen molar-refractivity contribution in [3.63, 3.8) is 0 Å². The Balaban J connectivity index is 1.93. The Bertz CT molecular complexity index is 757. The molecular weight excluding hydrogens is 313 g/mol. The average molecular weight is 324 g/mol. The lowest BCUT2D eigenvalue weighted by atomic mass is 10.2. The van der Waals surface area contributed by atoms with E-state index in [1.165, 1.54) is 0 Å². The summed E-state index contributed by atoms with van der Waals surface area (Å²) in [5.41, 5.74) is 1.01. The summed E-state index contributed by atoms with van der Waals surface area (Å²) in [5.74, 6) is 0.905. The molecule has 0 saturated carbocycles. The maximum absolute atomic E-state index is 6.22. The van der Waals surface area contributed by atoms with E-state index >= 15 is 0 Å². The van der Waals surface area contributed by atoms with Gasteiger partial charge in [0.2, 0.25) is 0 Å². The second-order valence-corrected chi connectivity index (χ2v) is 6.17. The van der Waals surface area contributed by atoms with E-state index in [0.29, 0.717) is 16.6 Å². The van der Waals surface area contributed by atoms with Gasteiger partial charge in [0.25, 0.3) is 0 Å². The second kappa shape index (κ2) is 5.56. The van der Waals surface area contributed by atoms with Crippen LogP contribution in [0, 0.1) is 0 Å². The second-order valence-electron chi connectivity index (χ2n) is 4.43. The van der Waals surface area contributed by atoms with Crippen molar-refractivity contribution in [2.75, 3.05) is 11.9 Å². The first kappa shape index (κ1) is 13.6. The maximum atomic E-state index is 6.22. The zero-order valence-electron chi connectivity index (χ0n) is 10.7. The van der Waals surface area contributed by atoms with Gasteiger partial charge in [0.15, 0.2) is 0 Å². The average Bonchev–Trinajstić information content (AvgIpc) is 2.90. The number of anilines is 1. The van der Waals surface area contributed by atoms with Gasteiger partial charge in [0.1, 0.15) is 17.0 Å². The van der Waals surface area contributed by atoms with Gasteiger partial charge in [0.05, 0.1) is 5.39 Å². The van der Waals surface area contributed by atoms with Gasteiger partial charge in [-0.3, -0.25) is 0 Å². The van der Waals surface area contributed by atoms with Crippen LogP contribution in [0.5, 0.6) is 0 Å². The van der Waals surface area contributed by atoms with E-state index in [0.717, 1.165) is 21.6 Å². The van der Waals surface area contributed by atoms with Crippen molar-refractivity contribution in [1.82, 2.24) is 9.97 Å². The molecule has 0 aliphatic rings. The highest BCUT2D eigenvalue weighted by Gasteiger charge is 2.11. The molecule has 0 saturated heterocycles. The summed E-state index contributed by atoms with van der Waals surface area (Å²) >= 11 is 13.7. The first-order valence-corrected chi connectivity index (χ1v) is 7.62. The molecule has 0 unspecified atom stereocenters. The summed E-state index contributed by atoms with van der Waals surface area (Å²) < 4.78 is 0. The summed E-state index contributed by atoms with van der Waals surface area (Å²) in [7, 11) is 1.99.